The van der Waals surface area contributed by atoms with Crippen molar-refractivity contribution in [3.63, 3.8) is 0 Å². The molecule has 2 N–H and O–H groups in total. The first-order chi connectivity index (χ1) is 6.56. The Kier molecular flexibility index (Phi) is 4.50. The van der Waals surface area contributed by atoms with Crippen LogP contribution in [0, 0.1) is 0 Å². The van der Waals surface area contributed by atoms with Gasteiger partial charge in [0.25, 0.3) is 0 Å². The van der Waals surface area contributed by atoms with E-state index in [2.05, 4.69) is 23.6 Å². The van der Waals surface area contributed by atoms with Gasteiger partial charge < -0.3 is 9.74 Å². The quantitative estimate of drug-likeness (QED) is 0.686. The number of hydrogen-bond donors (Lipinski definition) is 1. The molecule has 84 valence electrons. The summed E-state index contributed by atoms with van der Waals surface area (Å²) in [5.41, 5.74) is 0. The molecule has 1 saturated heterocycles. The van der Waals surface area contributed by atoms with Crippen LogP contribution in [0.4, 0.5) is 0 Å². The molecule has 1 aliphatic heterocycles. The standard InChI is InChI=1S/C9H20N2O2S/c1-9(2)3-4-11(5-7-13-10)6-8-14(9)12/h3-8,10H2,1-2H3. The summed E-state index contributed by atoms with van der Waals surface area (Å²) in [5, 5.41) is 0. The largest absolute Gasteiger partial charge is 0.303 e. The van der Waals surface area contributed by atoms with Gasteiger partial charge in [0.1, 0.15) is 0 Å². The van der Waals surface area contributed by atoms with Crippen LogP contribution >= 0.6 is 0 Å². The van der Waals surface area contributed by atoms with Crippen LogP contribution in [-0.2, 0) is 15.6 Å². The highest BCUT2D eigenvalue weighted by Gasteiger charge is 2.29. The van der Waals surface area contributed by atoms with E-state index in [1.165, 1.54) is 0 Å². The van der Waals surface area contributed by atoms with Gasteiger partial charge in [0.05, 0.1) is 6.61 Å². The van der Waals surface area contributed by atoms with E-state index in [1.54, 1.807) is 0 Å². The minimum Gasteiger partial charge on any atom is -0.303 e. The van der Waals surface area contributed by atoms with Crippen molar-refractivity contribution in [1.29, 1.82) is 0 Å². The minimum absolute atomic E-state index is 0.0433. The van der Waals surface area contributed by atoms with Crippen LogP contribution in [0.25, 0.3) is 0 Å². The smallest absolute Gasteiger partial charge is 0.0806 e. The van der Waals surface area contributed by atoms with Crippen LogP contribution in [0.1, 0.15) is 20.3 Å². The van der Waals surface area contributed by atoms with Crippen LogP contribution in [-0.4, -0.2) is 45.8 Å². The monoisotopic (exact) mass is 220 g/mol. The highest BCUT2D eigenvalue weighted by molar-refractivity contribution is 7.86. The molecule has 0 aliphatic carbocycles. The molecule has 1 aliphatic rings. The summed E-state index contributed by atoms with van der Waals surface area (Å²) >= 11 is 0. The second-order valence-corrected chi connectivity index (χ2v) is 6.48. The zero-order valence-electron chi connectivity index (χ0n) is 8.99. The molecule has 0 saturated carbocycles. The summed E-state index contributed by atoms with van der Waals surface area (Å²) in [4.78, 5) is 6.81. The molecule has 0 radical (unpaired) electrons. The van der Waals surface area contributed by atoms with Crippen LogP contribution in [0.2, 0.25) is 0 Å². The fraction of sp³-hybridized carbons (Fsp3) is 1.00. The first-order valence-corrected chi connectivity index (χ1v) is 6.31. The van der Waals surface area contributed by atoms with Crippen LogP contribution in [0.3, 0.4) is 0 Å². The van der Waals surface area contributed by atoms with E-state index in [0.29, 0.717) is 6.61 Å². The molecule has 1 rings (SSSR count). The first kappa shape index (κ1) is 12.1. The summed E-state index contributed by atoms with van der Waals surface area (Å²) in [6, 6.07) is 0. The van der Waals surface area contributed by atoms with E-state index in [9.17, 15) is 4.21 Å². The van der Waals surface area contributed by atoms with Crippen molar-refractivity contribution < 1.29 is 9.05 Å². The van der Waals surface area contributed by atoms with Crippen LogP contribution in [0.15, 0.2) is 0 Å². The maximum absolute atomic E-state index is 11.8. The normalized spacial score (nSPS) is 28.6. The average molecular weight is 220 g/mol. The SMILES string of the molecule is CC1(C)CCN(CCON)CCS1=O. The zero-order chi connectivity index (χ0) is 10.6. The zero-order valence-corrected chi connectivity index (χ0v) is 9.81. The van der Waals surface area contributed by atoms with Gasteiger partial charge in [-0.1, -0.05) is 0 Å². The molecular weight excluding hydrogens is 200 g/mol. The molecule has 14 heavy (non-hydrogen) atoms. The van der Waals surface area contributed by atoms with E-state index >= 15 is 0 Å². The van der Waals surface area contributed by atoms with E-state index < -0.39 is 10.8 Å². The minimum atomic E-state index is -0.708. The fourth-order valence-electron chi connectivity index (χ4n) is 1.55. The lowest BCUT2D eigenvalue weighted by molar-refractivity contribution is 0.107. The third-order valence-corrected chi connectivity index (χ3v) is 4.75. The van der Waals surface area contributed by atoms with Gasteiger partial charge in [-0.25, -0.2) is 5.90 Å². The van der Waals surface area contributed by atoms with Crippen molar-refractivity contribution in [2.24, 2.45) is 5.90 Å². The van der Waals surface area contributed by atoms with Gasteiger partial charge in [-0.15, -0.1) is 0 Å². The highest BCUT2D eigenvalue weighted by atomic mass is 32.2. The third-order valence-electron chi connectivity index (χ3n) is 2.76. The molecule has 0 aromatic rings. The Balaban J connectivity index is 2.44. The van der Waals surface area contributed by atoms with Crippen molar-refractivity contribution in [1.82, 2.24) is 4.90 Å². The lowest BCUT2D eigenvalue weighted by atomic mass is 10.1. The molecule has 4 nitrogen and oxygen atoms in total. The van der Waals surface area contributed by atoms with Crippen LogP contribution < -0.4 is 5.90 Å². The number of nitrogens with two attached hydrogens (primary N) is 1. The van der Waals surface area contributed by atoms with Crippen molar-refractivity contribution in [3.8, 4) is 0 Å². The molecule has 1 fully saturated rings. The van der Waals surface area contributed by atoms with Gasteiger partial charge in [0.15, 0.2) is 0 Å². The average Bonchev–Trinajstić information content (AvgIpc) is 2.26. The predicted molar refractivity (Wildman–Crippen MR) is 58.3 cm³/mol. The van der Waals surface area contributed by atoms with Crippen molar-refractivity contribution in [3.05, 3.63) is 0 Å². The Hall–Kier alpha value is 0.0300. The molecule has 0 spiro atoms. The Morgan fingerprint density at radius 2 is 2.21 bits per heavy atom. The topological polar surface area (TPSA) is 55.6 Å². The van der Waals surface area contributed by atoms with E-state index in [4.69, 9.17) is 5.90 Å². The molecule has 1 atom stereocenters. The van der Waals surface area contributed by atoms with Crippen molar-refractivity contribution >= 4 is 10.8 Å². The molecule has 1 unspecified atom stereocenters. The van der Waals surface area contributed by atoms with Gasteiger partial charge >= 0.3 is 0 Å². The van der Waals surface area contributed by atoms with E-state index in [-0.39, 0.29) is 4.75 Å². The molecule has 0 aromatic carbocycles. The number of rotatable bonds is 3. The number of nitrogens with zero attached hydrogens (tertiary/aromatic N) is 1. The predicted octanol–water partition coefficient (Wildman–Crippen LogP) is 0.110. The Labute approximate surface area is 88.2 Å². The van der Waals surface area contributed by atoms with Crippen LogP contribution in [0.5, 0.6) is 0 Å². The molecule has 0 aromatic heterocycles. The highest BCUT2D eigenvalue weighted by Crippen LogP contribution is 2.21. The summed E-state index contributed by atoms with van der Waals surface area (Å²) in [5.74, 6) is 5.74. The van der Waals surface area contributed by atoms with E-state index in [1.807, 2.05) is 0 Å². The van der Waals surface area contributed by atoms with Gasteiger partial charge in [-0.3, -0.25) is 4.21 Å². The third kappa shape index (κ3) is 3.31. The van der Waals surface area contributed by atoms with Gasteiger partial charge in [0, 0.05) is 34.4 Å². The van der Waals surface area contributed by atoms with Crippen molar-refractivity contribution in [2.75, 3.05) is 32.0 Å². The molecule has 0 amide bonds. The Bertz CT molecular complexity index is 209. The Morgan fingerprint density at radius 3 is 2.86 bits per heavy atom. The second-order valence-electron chi connectivity index (χ2n) is 4.27. The summed E-state index contributed by atoms with van der Waals surface area (Å²) in [6.07, 6.45) is 0.976. The fourth-order valence-corrected chi connectivity index (χ4v) is 2.84. The van der Waals surface area contributed by atoms with Gasteiger partial charge in [-0.2, -0.15) is 0 Å². The maximum atomic E-state index is 11.8. The second kappa shape index (κ2) is 5.21. The lowest BCUT2D eigenvalue weighted by Gasteiger charge is -2.21. The summed E-state index contributed by atoms with van der Waals surface area (Å²) < 4.78 is 11.7. The summed E-state index contributed by atoms with van der Waals surface area (Å²) in [7, 11) is -0.708. The molecule has 5 heteroatoms. The van der Waals surface area contributed by atoms with Crippen molar-refractivity contribution in [2.45, 2.75) is 25.0 Å². The van der Waals surface area contributed by atoms with Gasteiger partial charge in [0.2, 0.25) is 0 Å². The summed E-state index contributed by atoms with van der Waals surface area (Å²) in [6.45, 7) is 7.41. The lowest BCUT2D eigenvalue weighted by Crippen LogP contribution is -2.31. The maximum Gasteiger partial charge on any atom is 0.0806 e. The first-order valence-electron chi connectivity index (χ1n) is 4.99. The van der Waals surface area contributed by atoms with E-state index in [0.717, 1.165) is 31.8 Å². The molecule has 0 bridgehead atoms. The molecular formula is C9H20N2O2S. The van der Waals surface area contributed by atoms with Gasteiger partial charge in [-0.05, 0) is 26.8 Å². The number of hydrogen-bond acceptors (Lipinski definition) is 4. The molecule has 1 heterocycles. The Morgan fingerprint density at radius 1 is 1.50 bits per heavy atom.